The molecule has 0 aromatic heterocycles. The lowest BCUT2D eigenvalue weighted by Gasteiger charge is -2.29. The van der Waals surface area contributed by atoms with E-state index in [9.17, 15) is 27.9 Å². The first kappa shape index (κ1) is 24.8. The van der Waals surface area contributed by atoms with Gasteiger partial charge in [0, 0.05) is 30.8 Å². The first-order chi connectivity index (χ1) is 12.8. The number of alkyl halides is 5. The summed E-state index contributed by atoms with van der Waals surface area (Å²) in [6.45, 7) is 4.49. The largest absolute Gasteiger partial charge is 0.471 e. The Morgan fingerprint density at radius 3 is 2.29 bits per heavy atom. The zero-order valence-corrected chi connectivity index (χ0v) is 17.3. The van der Waals surface area contributed by atoms with Crippen LogP contribution in [0.4, 0.5) is 18.0 Å². The number of ether oxygens (including phenoxy) is 1. The molecule has 0 aromatic carbocycles. The summed E-state index contributed by atoms with van der Waals surface area (Å²) in [4.78, 5) is 22.9. The molecule has 2 amide bonds. The Labute approximate surface area is 171 Å². The minimum atomic E-state index is -5.04. The van der Waals surface area contributed by atoms with Crippen molar-refractivity contribution in [1.82, 2.24) is 10.6 Å². The van der Waals surface area contributed by atoms with Crippen LogP contribution in [0.25, 0.3) is 0 Å². The van der Waals surface area contributed by atoms with Crippen LogP contribution in [0.15, 0.2) is 11.6 Å². The molecule has 3 N–H and O–H groups in total. The van der Waals surface area contributed by atoms with E-state index in [0.29, 0.717) is 5.57 Å². The fourth-order valence-electron chi connectivity index (χ4n) is 3.04. The second-order valence-electron chi connectivity index (χ2n) is 7.53. The quantitative estimate of drug-likeness (QED) is 0.412. The lowest BCUT2D eigenvalue weighted by Crippen LogP contribution is -2.45. The van der Waals surface area contributed by atoms with Gasteiger partial charge in [-0.3, -0.25) is 4.79 Å². The summed E-state index contributed by atoms with van der Waals surface area (Å²) < 4.78 is 42.2. The van der Waals surface area contributed by atoms with Crippen molar-refractivity contribution in [2.75, 3.05) is 24.8 Å². The molecule has 0 aliphatic heterocycles. The Bertz CT molecular complexity index is 594. The zero-order chi connectivity index (χ0) is 21.7. The molecule has 6 nitrogen and oxygen atoms in total. The summed E-state index contributed by atoms with van der Waals surface area (Å²) in [5.41, 5.74) is -0.136. The van der Waals surface area contributed by atoms with Gasteiger partial charge in [-0.1, -0.05) is 6.08 Å². The Morgan fingerprint density at radius 1 is 1.21 bits per heavy atom. The van der Waals surface area contributed by atoms with Crippen molar-refractivity contribution in [1.29, 1.82) is 0 Å². The summed E-state index contributed by atoms with van der Waals surface area (Å²) in [5, 5.41) is 14.6. The highest BCUT2D eigenvalue weighted by atomic mass is 35.5. The standard InChI is InChI=1S/C17H25Cl2F3N2O4/c1-16(2,3)28-15(27)24-7-10-4-9(5-18)11(6-19)13(10)12(25)8-23-14(26)17(20,21)22/h4,9,11-13,25H,5-8H2,1-3H3,(H,23,26)(H,24,27)/t9-,11-,12-,13-/m1/s1. The van der Waals surface area contributed by atoms with Crippen molar-refractivity contribution in [2.24, 2.45) is 17.8 Å². The Hall–Kier alpha value is -1.19. The average molecular weight is 449 g/mol. The molecular formula is C17H25Cl2F3N2O4. The van der Waals surface area contributed by atoms with E-state index < -0.39 is 42.3 Å². The van der Waals surface area contributed by atoms with E-state index in [0.717, 1.165) is 0 Å². The van der Waals surface area contributed by atoms with Gasteiger partial charge in [-0.25, -0.2) is 4.79 Å². The number of halogens is 5. The van der Waals surface area contributed by atoms with Gasteiger partial charge in [0.05, 0.1) is 6.10 Å². The van der Waals surface area contributed by atoms with Crippen molar-refractivity contribution < 1.29 is 32.6 Å². The number of hydrogen-bond acceptors (Lipinski definition) is 4. The normalized spacial score (nSPS) is 23.8. The number of carbonyl (C=O) groups excluding carboxylic acids is 2. The third-order valence-electron chi connectivity index (χ3n) is 4.20. The molecule has 0 saturated carbocycles. The van der Waals surface area contributed by atoms with Crippen LogP contribution in [0, 0.1) is 17.8 Å². The molecule has 11 heteroatoms. The summed E-state index contributed by atoms with van der Waals surface area (Å²) in [5.74, 6) is -3.12. The number of nitrogens with one attached hydrogen (secondary N) is 2. The van der Waals surface area contributed by atoms with Gasteiger partial charge >= 0.3 is 18.2 Å². The van der Waals surface area contributed by atoms with Crippen molar-refractivity contribution in [2.45, 2.75) is 38.7 Å². The summed E-state index contributed by atoms with van der Waals surface area (Å²) >= 11 is 11.9. The zero-order valence-electron chi connectivity index (χ0n) is 15.8. The molecule has 1 aliphatic rings. The van der Waals surface area contributed by atoms with E-state index in [1.807, 2.05) is 0 Å². The van der Waals surface area contributed by atoms with E-state index in [1.54, 1.807) is 32.2 Å². The SMILES string of the molecule is CC(C)(C)OC(=O)NCC1=C[C@H](CCl)[C@@H](CCl)[C@@H]1[C@H](O)CNC(=O)C(F)(F)F. The third-order valence-corrected chi connectivity index (χ3v) is 4.92. The predicted molar refractivity (Wildman–Crippen MR) is 99.3 cm³/mol. The summed E-state index contributed by atoms with van der Waals surface area (Å²) in [6, 6.07) is 0. The highest BCUT2D eigenvalue weighted by molar-refractivity contribution is 6.19. The molecule has 0 fully saturated rings. The lowest BCUT2D eigenvalue weighted by atomic mass is 9.84. The van der Waals surface area contributed by atoms with E-state index in [2.05, 4.69) is 5.32 Å². The van der Waals surface area contributed by atoms with Crippen LogP contribution in [0.1, 0.15) is 20.8 Å². The molecule has 0 radical (unpaired) electrons. The first-order valence-corrected chi connectivity index (χ1v) is 9.69. The molecule has 1 aliphatic carbocycles. The molecule has 162 valence electrons. The molecule has 0 saturated heterocycles. The molecule has 0 spiro atoms. The van der Waals surface area contributed by atoms with E-state index in [-0.39, 0.29) is 30.1 Å². The minimum absolute atomic E-state index is 0.00460. The van der Waals surface area contributed by atoms with E-state index >= 15 is 0 Å². The molecule has 4 atom stereocenters. The summed E-state index contributed by atoms with van der Waals surface area (Å²) in [7, 11) is 0. The second-order valence-corrected chi connectivity index (χ2v) is 8.15. The van der Waals surface area contributed by atoms with Gasteiger partial charge in [-0.05, 0) is 38.2 Å². The van der Waals surface area contributed by atoms with Gasteiger partial charge in [0.2, 0.25) is 0 Å². The van der Waals surface area contributed by atoms with Gasteiger partial charge < -0.3 is 20.5 Å². The minimum Gasteiger partial charge on any atom is -0.444 e. The van der Waals surface area contributed by atoms with E-state index in [1.165, 1.54) is 0 Å². The maximum atomic E-state index is 12.4. The van der Waals surface area contributed by atoms with Gasteiger partial charge in [-0.2, -0.15) is 13.2 Å². The highest BCUT2D eigenvalue weighted by Crippen LogP contribution is 2.40. The van der Waals surface area contributed by atoms with Crippen LogP contribution < -0.4 is 10.6 Å². The summed E-state index contributed by atoms with van der Waals surface area (Å²) in [6.07, 6.45) is -5.31. The van der Waals surface area contributed by atoms with Gasteiger partial charge in [0.15, 0.2) is 0 Å². The Morgan fingerprint density at radius 2 is 1.82 bits per heavy atom. The third kappa shape index (κ3) is 7.33. The smallest absolute Gasteiger partial charge is 0.444 e. The van der Waals surface area contributed by atoms with Crippen LogP contribution in [0.2, 0.25) is 0 Å². The Balaban J connectivity index is 2.84. The van der Waals surface area contributed by atoms with Crippen molar-refractivity contribution in [3.63, 3.8) is 0 Å². The van der Waals surface area contributed by atoms with Crippen molar-refractivity contribution in [3.05, 3.63) is 11.6 Å². The van der Waals surface area contributed by atoms with Crippen LogP contribution in [0.5, 0.6) is 0 Å². The van der Waals surface area contributed by atoms with Crippen LogP contribution in [-0.2, 0) is 9.53 Å². The number of aliphatic hydroxyl groups excluding tert-OH is 1. The monoisotopic (exact) mass is 448 g/mol. The highest BCUT2D eigenvalue weighted by Gasteiger charge is 2.42. The number of allylic oxidation sites excluding steroid dienone is 1. The van der Waals surface area contributed by atoms with Gasteiger partial charge in [0.1, 0.15) is 5.60 Å². The lowest BCUT2D eigenvalue weighted by molar-refractivity contribution is -0.174. The molecule has 0 bridgehead atoms. The first-order valence-electron chi connectivity index (χ1n) is 8.62. The molecule has 0 unspecified atom stereocenters. The van der Waals surface area contributed by atoms with Crippen LogP contribution in [0.3, 0.4) is 0 Å². The van der Waals surface area contributed by atoms with Gasteiger partial charge in [0.25, 0.3) is 0 Å². The van der Waals surface area contributed by atoms with E-state index in [4.69, 9.17) is 27.9 Å². The maximum absolute atomic E-state index is 12.4. The van der Waals surface area contributed by atoms with Crippen molar-refractivity contribution in [3.8, 4) is 0 Å². The fraction of sp³-hybridized carbons (Fsp3) is 0.765. The van der Waals surface area contributed by atoms with Crippen LogP contribution >= 0.6 is 23.2 Å². The van der Waals surface area contributed by atoms with Crippen molar-refractivity contribution >= 4 is 35.2 Å². The van der Waals surface area contributed by atoms with Gasteiger partial charge in [-0.15, -0.1) is 23.2 Å². The fourth-order valence-corrected chi connectivity index (χ4v) is 3.78. The maximum Gasteiger partial charge on any atom is 0.471 e. The number of alkyl carbamates (subject to hydrolysis) is 1. The molecule has 0 aromatic rings. The number of amides is 2. The molecule has 0 heterocycles. The predicted octanol–water partition coefficient (Wildman–Crippen LogP) is 2.82. The molecule has 1 rings (SSSR count). The molecule has 28 heavy (non-hydrogen) atoms. The number of rotatable bonds is 7. The van der Waals surface area contributed by atoms with Crippen LogP contribution in [-0.4, -0.2) is 59.8 Å². The molecular weight excluding hydrogens is 424 g/mol. The number of carbonyl (C=O) groups is 2. The average Bonchev–Trinajstić information content (AvgIpc) is 2.92. The second kappa shape index (κ2) is 10.0. The topological polar surface area (TPSA) is 87.7 Å². The Kier molecular flexibility index (Phi) is 8.90. The number of aliphatic hydroxyl groups is 1. The number of hydrogen-bond donors (Lipinski definition) is 3.